The Balaban J connectivity index is -0.0000000408. The summed E-state index contributed by atoms with van der Waals surface area (Å²) < 4.78 is 18.0. The third-order valence-electron chi connectivity index (χ3n) is 2.56. The molecule has 2 atom stereocenters. The molecular weight excluding hydrogens is 290 g/mol. The Morgan fingerprint density at radius 1 is 0.750 bits per heavy atom. The molecule has 0 rings (SSSR count). The number of hydrogen-bond acceptors (Lipinski definition) is 4. The average molecular weight is 332 g/mol. The molecule has 0 aromatic rings. The van der Waals surface area contributed by atoms with E-state index in [1.165, 1.54) is 0 Å². The molecule has 0 bridgehead atoms. The van der Waals surface area contributed by atoms with Gasteiger partial charge in [0.1, 0.15) is 12.3 Å². The van der Waals surface area contributed by atoms with Gasteiger partial charge in [-0.1, -0.05) is 29.7 Å². The summed E-state index contributed by atoms with van der Waals surface area (Å²) in [4.78, 5) is 0. The summed E-state index contributed by atoms with van der Waals surface area (Å²) in [7, 11) is 0.577. The molecule has 0 aliphatic heterocycles. The molecule has 4 nitrogen and oxygen atoms in total. The van der Waals surface area contributed by atoms with Gasteiger partial charge >= 0.3 is 0 Å². The van der Waals surface area contributed by atoms with Crippen molar-refractivity contribution in [2.75, 3.05) is 39.9 Å². The molecule has 0 saturated carbocycles. The molecule has 20 heavy (non-hydrogen) atoms. The van der Waals surface area contributed by atoms with E-state index in [-0.39, 0.29) is 29.7 Å². The van der Waals surface area contributed by atoms with Gasteiger partial charge in [-0.2, -0.15) is 0 Å². The normalized spacial score (nSPS) is 13.9. The second-order valence-electron chi connectivity index (χ2n) is 3.38. The lowest BCUT2D eigenvalue weighted by molar-refractivity contribution is 0.449. The van der Waals surface area contributed by atoms with Gasteiger partial charge in [-0.05, 0) is 13.8 Å². The van der Waals surface area contributed by atoms with Crippen LogP contribution in [0.5, 0.6) is 0 Å². The molecule has 0 saturated heterocycles. The van der Waals surface area contributed by atoms with Gasteiger partial charge < -0.3 is 0 Å². The van der Waals surface area contributed by atoms with Gasteiger partial charge in [-0.3, -0.25) is 0 Å². The molecule has 0 N–H and O–H groups in total. The van der Waals surface area contributed by atoms with Gasteiger partial charge in [0, 0.05) is 13.4 Å². The highest BCUT2D eigenvalue weighted by Gasteiger charge is 2.27. The van der Waals surface area contributed by atoms with Gasteiger partial charge in [0.25, 0.3) is 15.3 Å². The zero-order valence-corrected chi connectivity index (χ0v) is 13.2. The van der Waals surface area contributed by atoms with Crippen molar-refractivity contribution in [3.8, 4) is 0 Å². The fourth-order valence-corrected chi connectivity index (χ4v) is 1.72. The molecule has 0 aliphatic rings. The molecule has 0 spiro atoms. The maximum absolute atomic E-state index is 5.12. The van der Waals surface area contributed by atoms with Crippen LogP contribution in [-0.4, -0.2) is 53.3 Å². The quantitative estimate of drug-likeness (QED) is 0.429. The second kappa shape index (κ2) is 19.1. The zero-order valence-electron chi connectivity index (χ0n) is 11.4. The third kappa shape index (κ3) is 16.2. The first-order chi connectivity index (χ1) is 7.36. The van der Waals surface area contributed by atoms with Crippen LogP contribution in [0.1, 0.15) is 43.6 Å². The van der Waals surface area contributed by atoms with Crippen molar-refractivity contribution < 1.29 is 9.05 Å². The van der Waals surface area contributed by atoms with Gasteiger partial charge in [0.05, 0.1) is 27.5 Å². The Bertz CT molecular complexity index is 185. The highest BCUT2D eigenvalue weighted by molar-refractivity contribution is 7.69. The molecule has 2 unspecified atom stereocenters. The smallest absolute Gasteiger partial charge is 0.215 e. The van der Waals surface area contributed by atoms with Crippen molar-refractivity contribution >= 4 is 28.7 Å². The predicted molar refractivity (Wildman–Crippen MR) is 107 cm³/mol. The van der Waals surface area contributed by atoms with Crippen LogP contribution >= 0.6 is 15.3 Å². The first-order valence-electron chi connectivity index (χ1n) is 5.16. The molecule has 6 heteroatoms. The number of rotatable bonds is 6. The van der Waals surface area contributed by atoms with E-state index in [2.05, 4.69) is 36.8 Å². The summed E-state index contributed by atoms with van der Waals surface area (Å²) >= 11 is 0. The molecule has 0 aromatic heterocycles. The van der Waals surface area contributed by atoms with E-state index in [0.29, 0.717) is 0 Å². The lowest BCUT2D eigenvalue weighted by atomic mass is 11.0. The standard InChI is InChI=1S/2C5H13NOP.4CH4/c2*1-5-8(4,6-2)7-3;;;;/h2*2,5H2,1,3-4H3;4*1H4/q2*+1;;;;. The highest BCUT2D eigenvalue weighted by atomic mass is 31.2. The topological polar surface area (TPSA) is 43.2 Å². The zero-order chi connectivity index (χ0) is 13.2. The summed E-state index contributed by atoms with van der Waals surface area (Å²) in [6.07, 6.45) is 1.96. The molecule has 0 amide bonds. The molecule has 0 radical (unpaired) electrons. The summed E-state index contributed by atoms with van der Waals surface area (Å²) in [6, 6.07) is 0. The van der Waals surface area contributed by atoms with E-state index < -0.39 is 15.3 Å². The van der Waals surface area contributed by atoms with Gasteiger partial charge in [-0.15, -0.1) is 9.53 Å². The Labute approximate surface area is 131 Å². The molecule has 0 aromatic carbocycles. The maximum atomic E-state index is 5.12. The van der Waals surface area contributed by atoms with Crippen LogP contribution in [0.25, 0.3) is 0 Å². The van der Waals surface area contributed by atoms with E-state index in [9.17, 15) is 0 Å². The molecule has 0 heterocycles. The summed E-state index contributed by atoms with van der Waals surface area (Å²) in [5.41, 5.74) is 0. The Hall–Kier alpha value is 0.120. The highest BCUT2D eigenvalue weighted by Crippen LogP contribution is 2.56. The predicted octanol–water partition coefficient (Wildman–Crippen LogP) is 6.21. The largest absolute Gasteiger partial charge is 0.257 e. The van der Waals surface area contributed by atoms with Crippen molar-refractivity contribution in [1.29, 1.82) is 0 Å². The summed E-state index contributed by atoms with van der Waals surface area (Å²) in [5.74, 6) is 0. The minimum absolute atomic E-state index is 0. The van der Waals surface area contributed by atoms with Crippen LogP contribution in [0, 0.1) is 0 Å². The van der Waals surface area contributed by atoms with E-state index in [1.54, 1.807) is 14.2 Å². The molecular formula is C14H42N2O2P2+2. The maximum Gasteiger partial charge on any atom is 0.257 e. The van der Waals surface area contributed by atoms with Gasteiger partial charge in [0.15, 0.2) is 0 Å². The third-order valence-corrected chi connectivity index (χ3v) is 7.68. The van der Waals surface area contributed by atoms with Crippen LogP contribution in [-0.2, 0) is 9.05 Å². The van der Waals surface area contributed by atoms with E-state index in [4.69, 9.17) is 9.05 Å². The monoisotopic (exact) mass is 332 g/mol. The van der Waals surface area contributed by atoms with Crippen molar-refractivity contribution in [2.45, 2.75) is 43.6 Å². The molecule has 128 valence electrons. The van der Waals surface area contributed by atoms with Crippen LogP contribution in [0.2, 0.25) is 0 Å². The molecule has 0 fully saturated rings. The van der Waals surface area contributed by atoms with Crippen LogP contribution in [0.3, 0.4) is 0 Å². The van der Waals surface area contributed by atoms with E-state index in [1.807, 2.05) is 13.3 Å². The average Bonchev–Trinajstić information content (AvgIpc) is 2.37. The second-order valence-corrected chi connectivity index (χ2v) is 10.1. The summed E-state index contributed by atoms with van der Waals surface area (Å²) in [5, 5.41) is 0. The first-order valence-corrected chi connectivity index (χ1v) is 9.74. The Morgan fingerprint density at radius 2 is 0.950 bits per heavy atom. The van der Waals surface area contributed by atoms with Crippen molar-refractivity contribution in [1.82, 2.24) is 0 Å². The lowest BCUT2D eigenvalue weighted by Crippen LogP contribution is -1.91. The van der Waals surface area contributed by atoms with Crippen LogP contribution in [0.15, 0.2) is 9.53 Å². The fraction of sp³-hybridized carbons (Fsp3) is 0.857. The summed E-state index contributed by atoms with van der Waals surface area (Å²) in [6.45, 7) is 15.0. The van der Waals surface area contributed by atoms with Gasteiger partial charge in [0.2, 0.25) is 0 Å². The lowest BCUT2D eigenvalue weighted by Gasteiger charge is -2.08. The minimum Gasteiger partial charge on any atom is -0.215 e. The van der Waals surface area contributed by atoms with Crippen molar-refractivity contribution in [3.05, 3.63) is 0 Å². The van der Waals surface area contributed by atoms with Gasteiger partial charge in [-0.25, -0.2) is 9.05 Å². The van der Waals surface area contributed by atoms with E-state index >= 15 is 0 Å². The van der Waals surface area contributed by atoms with E-state index in [0.717, 1.165) is 12.3 Å². The van der Waals surface area contributed by atoms with Crippen LogP contribution < -0.4 is 0 Å². The van der Waals surface area contributed by atoms with Crippen molar-refractivity contribution in [3.63, 3.8) is 0 Å². The Kier molecular flexibility index (Phi) is 35.3. The number of nitrogens with zero attached hydrogens (tertiary/aromatic N) is 2. The minimum atomic E-state index is -1.40. The fourth-order valence-electron chi connectivity index (χ4n) is 0.574. The first kappa shape index (κ1) is 36.9. The SMILES string of the molecule is C.C.C.C.C=N[P+](C)(CC)OC.C=N[P+](C)(CC)OC. The Morgan fingerprint density at radius 3 is 0.950 bits per heavy atom. The van der Waals surface area contributed by atoms with Crippen LogP contribution in [0.4, 0.5) is 0 Å². The molecule has 0 aliphatic carbocycles. The van der Waals surface area contributed by atoms with Crippen molar-refractivity contribution in [2.24, 2.45) is 9.53 Å². The number of hydrogen-bond donors (Lipinski definition) is 0.